The average molecular weight is 284 g/mol. The standard InChI is InChI=1S/C14H20O6/c1-7-4-9(15)14-11(3)8(2)13(17,19-14)6-12(7,14)5-10(16)18-20-11/h7-9,15,17H,4-6H2,1-3H3/t7-,8-,9+,11-,12+,13+,14+/m1/s1. The van der Waals surface area contributed by atoms with Crippen LogP contribution in [0.4, 0.5) is 0 Å². The fourth-order valence-corrected chi connectivity index (χ4v) is 5.51. The SMILES string of the molecule is C[C@@H]1C[C@H](O)[C@@]23O[C@@]4(O)C[C@@]12CC(=O)OO[C@]3(C)[C@H]4C. The second-order valence-electron chi connectivity index (χ2n) is 7.21. The van der Waals surface area contributed by atoms with Crippen LogP contribution < -0.4 is 0 Å². The number of fused-ring (bicyclic) bond motifs is 1. The molecule has 4 fully saturated rings. The van der Waals surface area contributed by atoms with Crippen LogP contribution in [-0.2, 0) is 19.3 Å². The maximum absolute atomic E-state index is 12.0. The molecule has 3 heterocycles. The van der Waals surface area contributed by atoms with Crippen LogP contribution in [0.15, 0.2) is 0 Å². The summed E-state index contributed by atoms with van der Waals surface area (Å²) in [5, 5.41) is 21.5. The van der Waals surface area contributed by atoms with E-state index in [-0.39, 0.29) is 12.3 Å². The Balaban J connectivity index is 2.01. The number of aliphatic hydroxyl groups is 2. The Hall–Kier alpha value is -0.690. The highest BCUT2D eigenvalue weighted by Crippen LogP contribution is 2.76. The van der Waals surface area contributed by atoms with Crippen LogP contribution in [0.1, 0.15) is 40.0 Å². The summed E-state index contributed by atoms with van der Waals surface area (Å²) in [5.41, 5.74) is -2.76. The van der Waals surface area contributed by atoms with Gasteiger partial charge < -0.3 is 14.9 Å². The lowest BCUT2D eigenvalue weighted by atomic mass is 9.53. The summed E-state index contributed by atoms with van der Waals surface area (Å²) in [6.45, 7) is 5.58. The third-order valence-electron chi connectivity index (χ3n) is 6.64. The summed E-state index contributed by atoms with van der Waals surface area (Å²) in [6.07, 6.45) is 0.203. The first kappa shape index (κ1) is 13.0. The largest absolute Gasteiger partial charge is 0.390 e. The van der Waals surface area contributed by atoms with Gasteiger partial charge >= 0.3 is 5.97 Å². The maximum Gasteiger partial charge on any atom is 0.343 e. The molecule has 2 N–H and O–H groups in total. The minimum atomic E-state index is -1.38. The minimum absolute atomic E-state index is 0.0487. The smallest absolute Gasteiger partial charge is 0.343 e. The number of ether oxygens (including phenoxy) is 1. The molecule has 20 heavy (non-hydrogen) atoms. The van der Waals surface area contributed by atoms with Crippen LogP contribution in [0, 0.1) is 17.3 Å². The lowest BCUT2D eigenvalue weighted by Crippen LogP contribution is -2.66. The normalized spacial score (nSPS) is 64.0. The highest BCUT2D eigenvalue weighted by molar-refractivity contribution is 5.71. The fourth-order valence-electron chi connectivity index (χ4n) is 5.51. The zero-order valence-corrected chi connectivity index (χ0v) is 11.9. The van der Waals surface area contributed by atoms with Crippen molar-refractivity contribution in [2.24, 2.45) is 17.3 Å². The van der Waals surface area contributed by atoms with Gasteiger partial charge in [-0.3, -0.25) is 4.89 Å². The summed E-state index contributed by atoms with van der Waals surface area (Å²) < 4.78 is 6.00. The van der Waals surface area contributed by atoms with Crippen molar-refractivity contribution in [1.29, 1.82) is 0 Å². The zero-order chi connectivity index (χ0) is 14.6. The Morgan fingerprint density at radius 3 is 2.75 bits per heavy atom. The van der Waals surface area contributed by atoms with E-state index >= 15 is 0 Å². The number of hydrogen-bond donors (Lipinski definition) is 2. The van der Waals surface area contributed by atoms with Crippen LogP contribution >= 0.6 is 0 Å². The van der Waals surface area contributed by atoms with E-state index < -0.39 is 40.4 Å². The average Bonchev–Trinajstić information content (AvgIpc) is 2.80. The Morgan fingerprint density at radius 2 is 2.05 bits per heavy atom. The molecule has 0 amide bonds. The van der Waals surface area contributed by atoms with Crippen LogP contribution in [0.5, 0.6) is 0 Å². The van der Waals surface area contributed by atoms with Gasteiger partial charge in [0.2, 0.25) is 0 Å². The van der Waals surface area contributed by atoms with Crippen LogP contribution in [0.25, 0.3) is 0 Å². The molecule has 3 aliphatic heterocycles. The first-order chi connectivity index (χ1) is 9.22. The molecule has 6 heteroatoms. The summed E-state index contributed by atoms with van der Waals surface area (Å²) in [7, 11) is 0. The van der Waals surface area contributed by atoms with Crippen molar-refractivity contribution in [3.8, 4) is 0 Å². The van der Waals surface area contributed by atoms with Gasteiger partial charge in [-0.25, -0.2) is 4.79 Å². The van der Waals surface area contributed by atoms with Crippen molar-refractivity contribution in [2.75, 3.05) is 0 Å². The highest BCUT2D eigenvalue weighted by Gasteiger charge is 2.88. The van der Waals surface area contributed by atoms with Crippen molar-refractivity contribution >= 4 is 5.97 Å². The van der Waals surface area contributed by atoms with E-state index in [0.29, 0.717) is 12.8 Å². The van der Waals surface area contributed by atoms with E-state index in [9.17, 15) is 15.0 Å². The molecule has 3 saturated heterocycles. The predicted octanol–water partition coefficient (Wildman–Crippen LogP) is 0.508. The topological polar surface area (TPSA) is 85.2 Å². The van der Waals surface area contributed by atoms with E-state index in [1.54, 1.807) is 6.92 Å². The minimum Gasteiger partial charge on any atom is -0.390 e. The molecule has 4 rings (SSSR count). The van der Waals surface area contributed by atoms with E-state index in [2.05, 4.69) is 0 Å². The molecule has 0 aromatic carbocycles. The molecule has 0 aromatic heterocycles. The second-order valence-corrected chi connectivity index (χ2v) is 7.21. The Labute approximate surface area is 116 Å². The molecular weight excluding hydrogens is 264 g/mol. The molecule has 2 bridgehead atoms. The van der Waals surface area contributed by atoms with E-state index in [1.807, 2.05) is 13.8 Å². The van der Waals surface area contributed by atoms with Crippen LogP contribution in [0.2, 0.25) is 0 Å². The highest BCUT2D eigenvalue weighted by atomic mass is 17.2. The maximum atomic E-state index is 12.0. The van der Waals surface area contributed by atoms with Crippen molar-refractivity contribution < 1.29 is 29.5 Å². The van der Waals surface area contributed by atoms with Crippen molar-refractivity contribution in [3.63, 3.8) is 0 Å². The monoisotopic (exact) mass is 284 g/mol. The number of rotatable bonds is 0. The van der Waals surface area contributed by atoms with Crippen LogP contribution in [-0.4, -0.2) is 39.3 Å². The molecule has 1 spiro atoms. The summed E-state index contributed by atoms with van der Waals surface area (Å²) in [6, 6.07) is 0. The van der Waals surface area contributed by atoms with Gasteiger partial charge in [0.15, 0.2) is 11.4 Å². The van der Waals surface area contributed by atoms with Gasteiger partial charge in [-0.2, -0.15) is 4.89 Å². The van der Waals surface area contributed by atoms with Gasteiger partial charge in [0.05, 0.1) is 12.5 Å². The van der Waals surface area contributed by atoms with Crippen molar-refractivity contribution in [1.82, 2.24) is 0 Å². The van der Waals surface area contributed by atoms with Crippen molar-refractivity contribution in [2.45, 2.75) is 63.1 Å². The fraction of sp³-hybridized carbons (Fsp3) is 0.929. The Kier molecular flexibility index (Phi) is 2.09. The van der Waals surface area contributed by atoms with Crippen LogP contribution in [0.3, 0.4) is 0 Å². The van der Waals surface area contributed by atoms with Gasteiger partial charge in [0, 0.05) is 17.8 Å². The molecule has 6 nitrogen and oxygen atoms in total. The molecule has 1 aliphatic carbocycles. The van der Waals surface area contributed by atoms with Gasteiger partial charge in [0.25, 0.3) is 0 Å². The first-order valence-electron chi connectivity index (χ1n) is 7.21. The number of carbonyl (C=O) groups is 1. The summed E-state index contributed by atoms with van der Waals surface area (Å²) in [5.74, 6) is -2.18. The second kappa shape index (κ2) is 3.21. The lowest BCUT2D eigenvalue weighted by Gasteiger charge is -2.50. The molecule has 0 radical (unpaired) electrons. The molecule has 4 aliphatic rings. The molecule has 0 unspecified atom stereocenters. The van der Waals surface area contributed by atoms with Gasteiger partial charge in [-0.15, -0.1) is 0 Å². The van der Waals surface area contributed by atoms with E-state index in [1.165, 1.54) is 0 Å². The third-order valence-corrected chi connectivity index (χ3v) is 6.64. The number of aliphatic hydroxyl groups excluding tert-OH is 1. The molecule has 112 valence electrons. The summed E-state index contributed by atoms with van der Waals surface area (Å²) in [4.78, 5) is 22.3. The zero-order valence-electron chi connectivity index (χ0n) is 11.9. The van der Waals surface area contributed by atoms with Gasteiger partial charge in [-0.05, 0) is 19.3 Å². The molecule has 0 aromatic rings. The first-order valence-corrected chi connectivity index (χ1v) is 7.21. The number of hydrogen-bond acceptors (Lipinski definition) is 6. The van der Waals surface area contributed by atoms with E-state index in [0.717, 1.165) is 0 Å². The van der Waals surface area contributed by atoms with Gasteiger partial charge in [0.1, 0.15) is 5.60 Å². The molecule has 1 saturated carbocycles. The predicted molar refractivity (Wildman–Crippen MR) is 65.0 cm³/mol. The van der Waals surface area contributed by atoms with Gasteiger partial charge in [-0.1, -0.05) is 13.8 Å². The Morgan fingerprint density at radius 1 is 1.35 bits per heavy atom. The molecular formula is C14H20O6. The summed E-state index contributed by atoms with van der Waals surface area (Å²) >= 11 is 0. The lowest BCUT2D eigenvalue weighted by molar-refractivity contribution is -0.361. The number of carbonyl (C=O) groups excluding carboxylic acids is 1. The third kappa shape index (κ3) is 0.987. The van der Waals surface area contributed by atoms with E-state index in [4.69, 9.17) is 14.5 Å². The Bertz CT molecular complexity index is 508. The van der Waals surface area contributed by atoms with Crippen molar-refractivity contribution in [3.05, 3.63) is 0 Å². The quantitative estimate of drug-likeness (QED) is 0.630. The molecule has 7 atom stereocenters.